The number of amides is 1. The highest BCUT2D eigenvalue weighted by Crippen LogP contribution is 2.24. The summed E-state index contributed by atoms with van der Waals surface area (Å²) in [6.45, 7) is 1.90. The van der Waals surface area contributed by atoms with Crippen LogP contribution in [0.3, 0.4) is 0 Å². The van der Waals surface area contributed by atoms with Crippen molar-refractivity contribution in [3.8, 4) is 5.75 Å². The number of carbonyl (C=O) groups excluding carboxylic acids is 1. The summed E-state index contributed by atoms with van der Waals surface area (Å²) in [5, 5.41) is 11.6. The molecule has 0 bridgehead atoms. The van der Waals surface area contributed by atoms with Gasteiger partial charge in [0.2, 0.25) is 5.91 Å². The Labute approximate surface area is 151 Å². The highest BCUT2D eigenvalue weighted by atomic mass is 32.2. The Morgan fingerprint density at radius 3 is 2.56 bits per heavy atom. The Balaban J connectivity index is 1.65. The van der Waals surface area contributed by atoms with Crippen LogP contribution in [0.1, 0.15) is 18.1 Å². The van der Waals surface area contributed by atoms with Gasteiger partial charge in [0, 0.05) is 0 Å². The standard InChI is InChI=1S/C19H19N3O2S/c1-13(15-6-4-3-5-7-15)21-22-19-20-18(23)17(25-19)12-14-8-10-16(24-2)11-9-14/h3-11,17H,12H2,1-2H3,(H,20,22,23)/b21-13-. The maximum absolute atomic E-state index is 12.1. The van der Waals surface area contributed by atoms with Gasteiger partial charge in [0.1, 0.15) is 5.75 Å². The summed E-state index contributed by atoms with van der Waals surface area (Å²) in [7, 11) is 1.63. The molecule has 0 aliphatic carbocycles. The van der Waals surface area contributed by atoms with Crippen LogP contribution in [-0.2, 0) is 11.2 Å². The number of thioether (sulfide) groups is 1. The SMILES string of the molecule is COc1ccc(CC2S/C(=N/N=C(/C)c3ccccc3)NC2=O)cc1. The third-order valence-electron chi connectivity index (χ3n) is 3.84. The lowest BCUT2D eigenvalue weighted by atomic mass is 10.1. The molecule has 1 atom stereocenters. The van der Waals surface area contributed by atoms with E-state index in [1.807, 2.05) is 61.5 Å². The van der Waals surface area contributed by atoms with E-state index in [-0.39, 0.29) is 11.2 Å². The summed E-state index contributed by atoms with van der Waals surface area (Å²) in [5.74, 6) is 0.771. The Kier molecular flexibility index (Phi) is 5.50. The minimum Gasteiger partial charge on any atom is -0.497 e. The van der Waals surface area contributed by atoms with Crippen LogP contribution < -0.4 is 10.1 Å². The highest BCUT2D eigenvalue weighted by molar-refractivity contribution is 8.15. The lowest BCUT2D eigenvalue weighted by Gasteiger charge is -2.06. The van der Waals surface area contributed by atoms with E-state index in [1.54, 1.807) is 7.11 Å². The van der Waals surface area contributed by atoms with Crippen molar-refractivity contribution in [3.05, 3.63) is 65.7 Å². The van der Waals surface area contributed by atoms with Crippen LogP contribution in [0.4, 0.5) is 0 Å². The number of nitrogens with one attached hydrogen (secondary N) is 1. The Bertz CT molecular complexity index is 801. The maximum Gasteiger partial charge on any atom is 0.239 e. The van der Waals surface area contributed by atoms with Crippen molar-refractivity contribution >= 4 is 28.5 Å². The first-order chi connectivity index (χ1) is 12.2. The van der Waals surface area contributed by atoms with Crippen molar-refractivity contribution in [2.24, 2.45) is 10.2 Å². The predicted molar refractivity (Wildman–Crippen MR) is 102 cm³/mol. The largest absolute Gasteiger partial charge is 0.497 e. The Morgan fingerprint density at radius 1 is 1.16 bits per heavy atom. The quantitative estimate of drug-likeness (QED) is 0.663. The van der Waals surface area contributed by atoms with Crippen molar-refractivity contribution in [1.29, 1.82) is 0 Å². The van der Waals surface area contributed by atoms with Gasteiger partial charge in [-0.25, -0.2) is 0 Å². The molecule has 3 rings (SSSR count). The van der Waals surface area contributed by atoms with Crippen molar-refractivity contribution in [1.82, 2.24) is 5.32 Å². The predicted octanol–water partition coefficient (Wildman–Crippen LogP) is 3.25. The van der Waals surface area contributed by atoms with Gasteiger partial charge < -0.3 is 10.1 Å². The topological polar surface area (TPSA) is 63.1 Å². The summed E-state index contributed by atoms with van der Waals surface area (Å²) in [5.41, 5.74) is 2.90. The molecule has 1 unspecified atom stereocenters. The number of nitrogens with zero attached hydrogens (tertiary/aromatic N) is 2. The molecule has 0 spiro atoms. The van der Waals surface area contributed by atoms with Gasteiger partial charge in [-0.2, -0.15) is 5.10 Å². The Morgan fingerprint density at radius 2 is 1.88 bits per heavy atom. The van der Waals surface area contributed by atoms with Gasteiger partial charge in [0.25, 0.3) is 0 Å². The minimum atomic E-state index is -0.195. The zero-order valence-electron chi connectivity index (χ0n) is 14.1. The molecule has 0 radical (unpaired) electrons. The van der Waals surface area contributed by atoms with Gasteiger partial charge in [-0.05, 0) is 36.6 Å². The van der Waals surface area contributed by atoms with Crippen molar-refractivity contribution in [3.63, 3.8) is 0 Å². The zero-order chi connectivity index (χ0) is 17.6. The number of rotatable bonds is 5. The molecule has 0 aromatic heterocycles. The Hall–Kier alpha value is -2.60. The monoisotopic (exact) mass is 353 g/mol. The molecule has 1 saturated heterocycles. The third-order valence-corrected chi connectivity index (χ3v) is 4.91. The molecule has 1 aliphatic rings. The van der Waals surface area contributed by atoms with Gasteiger partial charge >= 0.3 is 0 Å². The molecule has 0 saturated carbocycles. The number of amidine groups is 1. The molecular weight excluding hydrogens is 334 g/mol. The summed E-state index contributed by atoms with van der Waals surface area (Å²) >= 11 is 1.41. The molecule has 1 aliphatic heterocycles. The fourth-order valence-electron chi connectivity index (χ4n) is 2.42. The van der Waals surface area contributed by atoms with E-state index in [0.29, 0.717) is 11.6 Å². The van der Waals surface area contributed by atoms with Gasteiger partial charge in [-0.3, -0.25) is 4.79 Å². The number of carbonyl (C=O) groups is 1. The fourth-order valence-corrected chi connectivity index (χ4v) is 3.38. The van der Waals surface area contributed by atoms with E-state index in [1.165, 1.54) is 11.8 Å². The normalized spacial score (nSPS) is 19.1. The van der Waals surface area contributed by atoms with Crippen LogP contribution in [0.25, 0.3) is 0 Å². The van der Waals surface area contributed by atoms with Crippen molar-refractivity contribution < 1.29 is 9.53 Å². The number of ether oxygens (including phenoxy) is 1. The summed E-state index contributed by atoms with van der Waals surface area (Å²) in [6.07, 6.45) is 0.640. The second-order valence-electron chi connectivity index (χ2n) is 5.60. The number of benzene rings is 2. The fraction of sp³-hybridized carbons (Fsp3) is 0.211. The van der Waals surface area contributed by atoms with Crippen molar-refractivity contribution in [2.45, 2.75) is 18.6 Å². The average Bonchev–Trinajstić information content (AvgIpc) is 3.00. The third kappa shape index (κ3) is 4.48. The van der Waals surface area contributed by atoms with Gasteiger partial charge in [-0.15, -0.1) is 5.10 Å². The molecule has 128 valence electrons. The molecule has 5 nitrogen and oxygen atoms in total. The van der Waals surface area contributed by atoms with Gasteiger partial charge in [0.05, 0.1) is 18.1 Å². The molecule has 1 N–H and O–H groups in total. The molecule has 1 heterocycles. The first-order valence-corrected chi connectivity index (χ1v) is 8.82. The van der Waals surface area contributed by atoms with E-state index in [9.17, 15) is 4.79 Å². The molecule has 1 amide bonds. The lowest BCUT2D eigenvalue weighted by Crippen LogP contribution is -2.25. The smallest absolute Gasteiger partial charge is 0.239 e. The average molecular weight is 353 g/mol. The second-order valence-corrected chi connectivity index (χ2v) is 6.80. The molecule has 1 fully saturated rings. The van der Waals surface area contributed by atoms with Crippen LogP contribution in [0.15, 0.2) is 64.8 Å². The zero-order valence-corrected chi connectivity index (χ0v) is 14.9. The van der Waals surface area contributed by atoms with E-state index in [4.69, 9.17) is 4.74 Å². The molecule has 6 heteroatoms. The van der Waals surface area contributed by atoms with Crippen molar-refractivity contribution in [2.75, 3.05) is 7.11 Å². The molecule has 2 aromatic carbocycles. The second kappa shape index (κ2) is 7.98. The number of methoxy groups -OCH3 is 1. The molecule has 2 aromatic rings. The number of hydrogen-bond acceptors (Lipinski definition) is 5. The minimum absolute atomic E-state index is 0.0351. The maximum atomic E-state index is 12.1. The van der Waals surface area contributed by atoms with Crippen LogP contribution in [0.2, 0.25) is 0 Å². The van der Waals surface area contributed by atoms with Gasteiger partial charge in [0.15, 0.2) is 5.17 Å². The summed E-state index contributed by atoms with van der Waals surface area (Å²) in [6, 6.07) is 17.6. The van der Waals surface area contributed by atoms with Crippen LogP contribution in [0.5, 0.6) is 5.75 Å². The van der Waals surface area contributed by atoms with Crippen LogP contribution in [-0.4, -0.2) is 29.1 Å². The van der Waals surface area contributed by atoms with E-state index in [2.05, 4.69) is 15.5 Å². The highest BCUT2D eigenvalue weighted by Gasteiger charge is 2.30. The van der Waals surface area contributed by atoms with E-state index < -0.39 is 0 Å². The first-order valence-electron chi connectivity index (χ1n) is 7.94. The first kappa shape index (κ1) is 17.2. The van der Waals surface area contributed by atoms with Gasteiger partial charge in [-0.1, -0.05) is 54.2 Å². The summed E-state index contributed by atoms with van der Waals surface area (Å²) < 4.78 is 5.15. The van der Waals surface area contributed by atoms with Crippen LogP contribution in [0, 0.1) is 0 Å². The lowest BCUT2D eigenvalue weighted by molar-refractivity contribution is -0.118. The molecule has 25 heavy (non-hydrogen) atoms. The van der Waals surface area contributed by atoms with E-state index >= 15 is 0 Å². The summed E-state index contributed by atoms with van der Waals surface area (Å²) in [4.78, 5) is 12.1. The van der Waals surface area contributed by atoms with Crippen LogP contribution >= 0.6 is 11.8 Å². The number of hydrogen-bond donors (Lipinski definition) is 1. The molecular formula is C19H19N3O2S. The van der Waals surface area contributed by atoms with E-state index in [0.717, 1.165) is 22.6 Å².